The molecule has 0 saturated heterocycles. The maximum absolute atomic E-state index is 5.92. The van der Waals surface area contributed by atoms with Gasteiger partial charge in [0.2, 0.25) is 0 Å². The summed E-state index contributed by atoms with van der Waals surface area (Å²) in [5, 5.41) is 3.40. The fourth-order valence-corrected chi connectivity index (χ4v) is 2.45. The third-order valence-corrected chi connectivity index (χ3v) is 3.50. The Kier molecular flexibility index (Phi) is 3.88. The molecule has 2 aromatic rings. The minimum atomic E-state index is 0.0701. The highest BCUT2D eigenvalue weighted by atomic mass is 35.5. The predicted octanol–water partition coefficient (Wildman–Crippen LogP) is 4.07. The lowest BCUT2D eigenvalue weighted by atomic mass is 9.93. The van der Waals surface area contributed by atoms with Crippen LogP contribution in [0.3, 0.4) is 0 Å². The molecule has 0 spiro atoms. The zero-order valence-corrected chi connectivity index (χ0v) is 12.2. The molecule has 0 N–H and O–H groups in total. The van der Waals surface area contributed by atoms with Crippen LogP contribution >= 0.6 is 22.9 Å². The summed E-state index contributed by atoms with van der Waals surface area (Å²) in [6.45, 7) is 6.85. The van der Waals surface area contributed by atoms with Crippen molar-refractivity contribution in [3.63, 3.8) is 0 Å². The molecule has 0 aliphatic rings. The van der Waals surface area contributed by atoms with Gasteiger partial charge in [-0.05, 0) is 12.1 Å². The Morgan fingerprint density at radius 3 is 2.78 bits per heavy atom. The largest absolute Gasteiger partial charge is 0.483 e. The molecule has 0 atom stereocenters. The van der Waals surface area contributed by atoms with E-state index >= 15 is 0 Å². The first-order chi connectivity index (χ1) is 8.47. The van der Waals surface area contributed by atoms with Crippen LogP contribution in [-0.4, -0.2) is 9.97 Å². The Hall–Kier alpha value is -1.13. The van der Waals surface area contributed by atoms with Gasteiger partial charge in [-0.2, -0.15) is 0 Å². The average Bonchev–Trinajstić information content (AvgIpc) is 2.76. The molecule has 0 radical (unpaired) electrons. The van der Waals surface area contributed by atoms with E-state index in [0.29, 0.717) is 17.5 Å². The number of hydrogen-bond acceptors (Lipinski definition) is 4. The fraction of sp³-hybridized carbons (Fsp3) is 0.385. The molecule has 18 heavy (non-hydrogen) atoms. The zero-order valence-electron chi connectivity index (χ0n) is 10.6. The summed E-state index contributed by atoms with van der Waals surface area (Å²) in [5.41, 5.74) is 1.16. The monoisotopic (exact) mass is 282 g/mol. The smallest absolute Gasteiger partial charge is 0.171 e. The van der Waals surface area contributed by atoms with Crippen LogP contribution in [0.2, 0.25) is 5.15 Å². The molecule has 0 unspecified atom stereocenters. The van der Waals surface area contributed by atoms with Gasteiger partial charge in [0.15, 0.2) is 10.9 Å². The van der Waals surface area contributed by atoms with E-state index in [2.05, 4.69) is 36.1 Å². The van der Waals surface area contributed by atoms with Crippen molar-refractivity contribution in [3.05, 3.63) is 39.6 Å². The highest BCUT2D eigenvalue weighted by Gasteiger charge is 2.17. The molecular formula is C13H15ClN2OS. The molecule has 0 amide bonds. The first kappa shape index (κ1) is 13.3. The summed E-state index contributed by atoms with van der Waals surface area (Å²) in [6, 6.07) is 3.59. The second-order valence-electron chi connectivity index (χ2n) is 4.96. The lowest BCUT2D eigenvalue weighted by molar-refractivity contribution is 0.304. The van der Waals surface area contributed by atoms with Crippen LogP contribution in [0.1, 0.15) is 31.5 Å². The molecule has 0 bridgehead atoms. The van der Waals surface area contributed by atoms with Gasteiger partial charge in [-0.3, -0.25) is 0 Å². The number of aromatic nitrogens is 2. The van der Waals surface area contributed by atoms with Crippen molar-refractivity contribution in [2.24, 2.45) is 0 Å². The molecule has 0 aliphatic carbocycles. The standard InChI is InChI=1S/C13H15ClN2OS/c1-13(2,3)10-8-18-11(16-10)7-17-9-5-4-6-15-12(9)14/h4-6,8H,7H2,1-3H3. The van der Waals surface area contributed by atoms with Crippen molar-refractivity contribution >= 4 is 22.9 Å². The van der Waals surface area contributed by atoms with E-state index in [1.165, 1.54) is 0 Å². The van der Waals surface area contributed by atoms with Gasteiger partial charge < -0.3 is 4.74 Å². The number of nitrogens with zero attached hydrogens (tertiary/aromatic N) is 2. The van der Waals surface area contributed by atoms with Gasteiger partial charge in [-0.15, -0.1) is 11.3 Å². The van der Waals surface area contributed by atoms with Gasteiger partial charge >= 0.3 is 0 Å². The van der Waals surface area contributed by atoms with Crippen molar-refractivity contribution in [2.75, 3.05) is 0 Å². The third kappa shape index (κ3) is 3.21. The minimum Gasteiger partial charge on any atom is -0.483 e. The molecular weight excluding hydrogens is 268 g/mol. The summed E-state index contributed by atoms with van der Waals surface area (Å²) in [6.07, 6.45) is 1.64. The first-order valence-corrected chi connectivity index (χ1v) is 6.91. The SMILES string of the molecule is CC(C)(C)c1csc(COc2cccnc2Cl)n1. The summed E-state index contributed by atoms with van der Waals surface area (Å²) in [7, 11) is 0. The van der Waals surface area contributed by atoms with E-state index in [4.69, 9.17) is 16.3 Å². The van der Waals surface area contributed by atoms with Crippen molar-refractivity contribution in [1.82, 2.24) is 9.97 Å². The Morgan fingerprint density at radius 1 is 1.39 bits per heavy atom. The maximum atomic E-state index is 5.92. The topological polar surface area (TPSA) is 35.0 Å². The summed E-state index contributed by atoms with van der Waals surface area (Å²) < 4.78 is 5.60. The maximum Gasteiger partial charge on any atom is 0.171 e. The number of hydrogen-bond donors (Lipinski definition) is 0. The number of rotatable bonds is 3. The molecule has 0 saturated carbocycles. The fourth-order valence-electron chi connectivity index (χ4n) is 1.34. The number of ether oxygens (including phenoxy) is 1. The Bertz CT molecular complexity index is 534. The van der Waals surface area contributed by atoms with Crippen molar-refractivity contribution in [3.8, 4) is 5.75 Å². The van der Waals surface area contributed by atoms with Crippen LogP contribution in [0.4, 0.5) is 0 Å². The summed E-state index contributed by atoms with van der Waals surface area (Å²) >= 11 is 7.52. The Morgan fingerprint density at radius 2 is 2.17 bits per heavy atom. The second kappa shape index (κ2) is 5.24. The van der Waals surface area contributed by atoms with E-state index < -0.39 is 0 Å². The van der Waals surface area contributed by atoms with Crippen LogP contribution in [0.25, 0.3) is 0 Å². The first-order valence-electron chi connectivity index (χ1n) is 5.65. The molecule has 0 aliphatic heterocycles. The quantitative estimate of drug-likeness (QED) is 0.796. The molecule has 2 aromatic heterocycles. The number of halogens is 1. The number of pyridine rings is 1. The highest BCUT2D eigenvalue weighted by Crippen LogP contribution is 2.26. The van der Waals surface area contributed by atoms with Crippen molar-refractivity contribution < 1.29 is 4.74 Å². The summed E-state index contributed by atoms with van der Waals surface area (Å²) in [4.78, 5) is 8.52. The summed E-state index contributed by atoms with van der Waals surface area (Å²) in [5.74, 6) is 0.590. The Labute approximate surface area is 116 Å². The van der Waals surface area contributed by atoms with Gasteiger partial charge in [0, 0.05) is 17.0 Å². The van der Waals surface area contributed by atoms with Crippen LogP contribution in [0, 0.1) is 0 Å². The molecule has 0 fully saturated rings. The van der Waals surface area contributed by atoms with E-state index in [1.54, 1.807) is 29.7 Å². The molecule has 96 valence electrons. The Balaban J connectivity index is 2.03. The molecule has 5 heteroatoms. The highest BCUT2D eigenvalue weighted by molar-refractivity contribution is 7.09. The number of thiazole rings is 1. The van der Waals surface area contributed by atoms with Gasteiger partial charge in [0.1, 0.15) is 11.6 Å². The van der Waals surface area contributed by atoms with Crippen LogP contribution < -0.4 is 4.74 Å². The van der Waals surface area contributed by atoms with Gasteiger partial charge in [-0.25, -0.2) is 9.97 Å². The lowest BCUT2D eigenvalue weighted by Crippen LogP contribution is -2.11. The van der Waals surface area contributed by atoms with E-state index in [9.17, 15) is 0 Å². The average molecular weight is 283 g/mol. The van der Waals surface area contributed by atoms with Crippen LogP contribution in [0.15, 0.2) is 23.7 Å². The van der Waals surface area contributed by atoms with Crippen LogP contribution in [-0.2, 0) is 12.0 Å². The van der Waals surface area contributed by atoms with E-state index in [0.717, 1.165) is 10.7 Å². The normalized spacial score (nSPS) is 11.6. The van der Waals surface area contributed by atoms with E-state index in [-0.39, 0.29) is 5.41 Å². The van der Waals surface area contributed by atoms with Crippen LogP contribution in [0.5, 0.6) is 5.75 Å². The molecule has 2 heterocycles. The van der Waals surface area contributed by atoms with E-state index in [1.807, 2.05) is 0 Å². The second-order valence-corrected chi connectivity index (χ2v) is 6.26. The third-order valence-electron chi connectivity index (χ3n) is 2.40. The zero-order chi connectivity index (χ0) is 13.2. The van der Waals surface area contributed by atoms with Gasteiger partial charge in [0.05, 0.1) is 5.69 Å². The molecule has 0 aromatic carbocycles. The van der Waals surface area contributed by atoms with Crippen molar-refractivity contribution in [2.45, 2.75) is 32.8 Å². The minimum absolute atomic E-state index is 0.0701. The molecule has 3 nitrogen and oxygen atoms in total. The van der Waals surface area contributed by atoms with Crippen molar-refractivity contribution in [1.29, 1.82) is 0 Å². The van der Waals surface area contributed by atoms with Gasteiger partial charge in [-0.1, -0.05) is 32.4 Å². The molecule has 2 rings (SSSR count). The predicted molar refractivity (Wildman–Crippen MR) is 74.4 cm³/mol. The lowest BCUT2D eigenvalue weighted by Gasteiger charge is -2.14. The van der Waals surface area contributed by atoms with Gasteiger partial charge in [0.25, 0.3) is 0 Å².